The Balaban J connectivity index is 1.51. The zero-order valence-corrected chi connectivity index (χ0v) is 20.1. The number of hydrogen-bond acceptors (Lipinski definition) is 6. The second-order valence-electron chi connectivity index (χ2n) is 8.60. The van der Waals surface area contributed by atoms with Gasteiger partial charge in [-0.25, -0.2) is 18.2 Å². The van der Waals surface area contributed by atoms with Crippen molar-refractivity contribution in [1.82, 2.24) is 19.7 Å². The van der Waals surface area contributed by atoms with Gasteiger partial charge in [-0.15, -0.1) is 0 Å². The summed E-state index contributed by atoms with van der Waals surface area (Å²) in [5.41, 5.74) is 1.05. The first-order valence-electron chi connectivity index (χ1n) is 11.6. The summed E-state index contributed by atoms with van der Waals surface area (Å²) >= 11 is 0. The van der Waals surface area contributed by atoms with Gasteiger partial charge in [0.05, 0.1) is 18.9 Å². The summed E-state index contributed by atoms with van der Waals surface area (Å²) in [7, 11) is 0. The monoisotopic (exact) mass is 487 g/mol. The Hall–Kier alpha value is -3.63. The Morgan fingerprint density at radius 1 is 1.03 bits per heavy atom. The molecule has 8 nitrogen and oxygen atoms in total. The maximum Gasteiger partial charge on any atom is 0.252 e. The van der Waals surface area contributed by atoms with Gasteiger partial charge in [-0.05, 0) is 44.9 Å². The Kier molecular flexibility index (Phi) is 6.68. The second-order valence-corrected chi connectivity index (χ2v) is 8.60. The lowest BCUT2D eigenvalue weighted by Crippen LogP contribution is -2.62. The third-order valence-electron chi connectivity index (χ3n) is 6.44. The van der Waals surface area contributed by atoms with Crippen LogP contribution in [0.5, 0.6) is 0 Å². The van der Waals surface area contributed by atoms with Crippen molar-refractivity contribution in [3.8, 4) is 0 Å². The van der Waals surface area contributed by atoms with Crippen LogP contribution in [0.2, 0.25) is 0 Å². The average molecular weight is 488 g/mol. The van der Waals surface area contributed by atoms with E-state index in [9.17, 15) is 18.0 Å². The number of likely N-dealkylation sites (N-methyl/N-ethyl adjacent to an activating group) is 2. The molecule has 3 aromatic rings. The topological polar surface area (TPSA) is 79.2 Å². The quantitative estimate of drug-likeness (QED) is 0.482. The van der Waals surface area contributed by atoms with Crippen LogP contribution >= 0.6 is 0 Å². The zero-order chi connectivity index (χ0) is 25.3. The first kappa shape index (κ1) is 24.5. The molecule has 0 saturated carbocycles. The number of amides is 1. The van der Waals surface area contributed by atoms with Gasteiger partial charge in [-0.3, -0.25) is 9.48 Å². The van der Waals surface area contributed by atoms with Gasteiger partial charge in [0.2, 0.25) is 5.95 Å². The minimum Gasteiger partial charge on any atom is -0.350 e. The van der Waals surface area contributed by atoms with Gasteiger partial charge >= 0.3 is 0 Å². The van der Waals surface area contributed by atoms with E-state index in [1.807, 2.05) is 32.6 Å². The highest BCUT2D eigenvalue weighted by Gasteiger charge is 2.46. The molecule has 1 aliphatic heterocycles. The van der Waals surface area contributed by atoms with Crippen LogP contribution in [0.4, 0.5) is 30.6 Å². The molecule has 186 valence electrons. The maximum atomic E-state index is 13.5. The Bertz CT molecular complexity index is 1220. The lowest BCUT2D eigenvalue weighted by atomic mass is 9.91. The molecule has 3 heterocycles. The van der Waals surface area contributed by atoms with Crippen LogP contribution < -0.4 is 15.1 Å². The van der Waals surface area contributed by atoms with Crippen LogP contribution in [0.1, 0.15) is 45.2 Å². The molecule has 1 atom stereocenters. The highest BCUT2D eigenvalue weighted by Crippen LogP contribution is 2.40. The predicted molar refractivity (Wildman–Crippen MR) is 127 cm³/mol. The van der Waals surface area contributed by atoms with Crippen molar-refractivity contribution in [1.29, 1.82) is 0 Å². The lowest BCUT2D eigenvalue weighted by molar-refractivity contribution is -0.123. The summed E-state index contributed by atoms with van der Waals surface area (Å²) in [6, 6.07) is 1.90. The highest BCUT2D eigenvalue weighted by molar-refractivity contribution is 6.07. The van der Waals surface area contributed by atoms with E-state index in [4.69, 9.17) is 4.98 Å². The molecule has 0 saturated heterocycles. The Labute approximate surface area is 201 Å². The predicted octanol–water partition coefficient (Wildman–Crippen LogP) is 4.11. The molecule has 0 bridgehead atoms. The standard InChI is InChI=1S/C24H28F3N7O/c1-5-24(4)22(35)33(6-2)19-12-29-23(31-21(19)34(24)7-3)28-10-16-11-30-32(14-16)13-15-8-17(25)20(27)18(26)9-15/h8-9,11-12,14H,5-7,10,13H2,1-4H3,(H,28,29,31). The van der Waals surface area contributed by atoms with E-state index in [1.54, 1.807) is 23.5 Å². The molecule has 0 aliphatic carbocycles. The number of nitrogens with zero attached hydrogens (tertiary/aromatic N) is 6. The molecule has 0 spiro atoms. The van der Waals surface area contributed by atoms with Crippen LogP contribution in [-0.4, -0.2) is 44.3 Å². The van der Waals surface area contributed by atoms with Crippen molar-refractivity contribution in [2.45, 2.75) is 52.7 Å². The first-order chi connectivity index (χ1) is 16.7. The van der Waals surface area contributed by atoms with Gasteiger partial charge in [0.25, 0.3) is 5.91 Å². The van der Waals surface area contributed by atoms with E-state index < -0.39 is 23.0 Å². The van der Waals surface area contributed by atoms with Gasteiger partial charge in [0.1, 0.15) is 11.2 Å². The third-order valence-corrected chi connectivity index (χ3v) is 6.44. The molecule has 0 radical (unpaired) electrons. The summed E-state index contributed by atoms with van der Waals surface area (Å²) in [4.78, 5) is 26.0. The Morgan fingerprint density at radius 2 is 1.74 bits per heavy atom. The minimum atomic E-state index is -1.49. The number of hydrogen-bond donors (Lipinski definition) is 1. The number of fused-ring (bicyclic) bond motifs is 1. The van der Waals surface area contributed by atoms with Crippen LogP contribution in [-0.2, 0) is 17.9 Å². The number of carbonyl (C=O) groups is 1. The number of nitrogens with one attached hydrogen (secondary N) is 1. The fourth-order valence-electron chi connectivity index (χ4n) is 4.40. The maximum absolute atomic E-state index is 13.5. The van der Waals surface area contributed by atoms with Gasteiger partial charge in [0, 0.05) is 31.4 Å². The van der Waals surface area contributed by atoms with Crippen LogP contribution in [0.15, 0.2) is 30.7 Å². The van der Waals surface area contributed by atoms with Crippen molar-refractivity contribution in [2.75, 3.05) is 28.2 Å². The number of rotatable bonds is 8. The SMILES string of the molecule is CCN1C(=O)C(C)(CC)N(CC)c2nc(NCc3cnn(Cc4cc(F)c(F)c(F)c4)c3)ncc21. The molecule has 1 aromatic carbocycles. The van der Waals surface area contributed by atoms with Crippen molar-refractivity contribution in [2.24, 2.45) is 0 Å². The lowest BCUT2D eigenvalue weighted by Gasteiger charge is -2.47. The minimum absolute atomic E-state index is 0.0366. The molecule has 2 aromatic heterocycles. The van der Waals surface area contributed by atoms with Gasteiger partial charge < -0.3 is 15.1 Å². The number of anilines is 3. The van der Waals surface area contributed by atoms with E-state index in [0.717, 1.165) is 17.7 Å². The summed E-state index contributed by atoms with van der Waals surface area (Å²) in [6.45, 7) is 9.44. The number of carbonyl (C=O) groups excluding carboxylic acids is 1. The largest absolute Gasteiger partial charge is 0.350 e. The normalized spacial score (nSPS) is 17.6. The number of halogens is 3. The van der Waals surface area contributed by atoms with E-state index in [2.05, 4.69) is 15.4 Å². The Morgan fingerprint density at radius 3 is 2.37 bits per heavy atom. The number of benzene rings is 1. The molecular weight excluding hydrogens is 459 g/mol. The van der Waals surface area contributed by atoms with Crippen LogP contribution in [0, 0.1) is 17.5 Å². The molecule has 11 heteroatoms. The fourth-order valence-corrected chi connectivity index (χ4v) is 4.40. The molecule has 35 heavy (non-hydrogen) atoms. The molecular formula is C24H28F3N7O. The van der Waals surface area contributed by atoms with E-state index in [-0.39, 0.29) is 18.0 Å². The van der Waals surface area contributed by atoms with Gasteiger partial charge in [-0.1, -0.05) is 6.92 Å². The smallest absolute Gasteiger partial charge is 0.252 e. The molecule has 1 N–H and O–H groups in total. The highest BCUT2D eigenvalue weighted by atomic mass is 19.2. The zero-order valence-electron chi connectivity index (χ0n) is 20.1. The third kappa shape index (κ3) is 4.42. The van der Waals surface area contributed by atoms with Crippen LogP contribution in [0.25, 0.3) is 0 Å². The van der Waals surface area contributed by atoms with Crippen molar-refractivity contribution >= 4 is 23.4 Å². The first-order valence-corrected chi connectivity index (χ1v) is 11.6. The summed E-state index contributed by atoms with van der Waals surface area (Å²) in [5.74, 6) is -2.82. The van der Waals surface area contributed by atoms with E-state index in [0.29, 0.717) is 43.5 Å². The summed E-state index contributed by atoms with van der Waals surface area (Å²) in [6.07, 6.45) is 5.63. The van der Waals surface area contributed by atoms with Gasteiger partial charge in [0.15, 0.2) is 23.3 Å². The van der Waals surface area contributed by atoms with Gasteiger partial charge in [-0.2, -0.15) is 10.1 Å². The summed E-state index contributed by atoms with van der Waals surface area (Å²) < 4.78 is 41.6. The van der Waals surface area contributed by atoms with E-state index >= 15 is 0 Å². The summed E-state index contributed by atoms with van der Waals surface area (Å²) in [5, 5.41) is 7.38. The van der Waals surface area contributed by atoms with Crippen molar-refractivity contribution < 1.29 is 18.0 Å². The van der Waals surface area contributed by atoms with Crippen molar-refractivity contribution in [3.63, 3.8) is 0 Å². The van der Waals surface area contributed by atoms with E-state index in [1.165, 1.54) is 4.68 Å². The fraction of sp³-hybridized carbons (Fsp3) is 0.417. The molecule has 1 amide bonds. The molecule has 1 aliphatic rings. The second kappa shape index (κ2) is 9.55. The van der Waals surface area contributed by atoms with Crippen LogP contribution in [0.3, 0.4) is 0 Å². The molecule has 0 fully saturated rings. The average Bonchev–Trinajstić information content (AvgIpc) is 3.29. The number of aromatic nitrogens is 4. The molecule has 4 rings (SSSR count). The van der Waals surface area contributed by atoms with Crippen molar-refractivity contribution in [3.05, 3.63) is 59.3 Å². The molecule has 1 unspecified atom stereocenters.